The summed E-state index contributed by atoms with van der Waals surface area (Å²) in [5.41, 5.74) is 12.9. The second kappa shape index (κ2) is 4.68. The highest BCUT2D eigenvalue weighted by atomic mass is 16.5. The van der Waals surface area contributed by atoms with Crippen molar-refractivity contribution >= 4 is 5.69 Å². The number of anilines is 1. The summed E-state index contributed by atoms with van der Waals surface area (Å²) < 4.78 is 5.66. The van der Waals surface area contributed by atoms with Crippen molar-refractivity contribution in [3.05, 3.63) is 54.1 Å². The molecule has 4 N–H and O–H groups in total. The summed E-state index contributed by atoms with van der Waals surface area (Å²) in [4.78, 5) is 0. The molecule has 0 saturated carbocycles. The van der Waals surface area contributed by atoms with Crippen molar-refractivity contribution in [2.45, 2.75) is 6.54 Å². The van der Waals surface area contributed by atoms with Gasteiger partial charge in [-0.2, -0.15) is 0 Å². The topological polar surface area (TPSA) is 61.3 Å². The first-order chi connectivity index (χ1) is 7.78. The highest BCUT2D eigenvalue weighted by Gasteiger charge is 1.97. The Labute approximate surface area is 94.6 Å². The van der Waals surface area contributed by atoms with Gasteiger partial charge in [0.25, 0.3) is 0 Å². The number of hydrogen-bond donors (Lipinski definition) is 2. The van der Waals surface area contributed by atoms with E-state index in [2.05, 4.69) is 0 Å². The highest BCUT2D eigenvalue weighted by molar-refractivity contribution is 5.43. The van der Waals surface area contributed by atoms with Gasteiger partial charge in [-0.15, -0.1) is 0 Å². The average molecular weight is 214 g/mol. The third kappa shape index (κ3) is 2.52. The van der Waals surface area contributed by atoms with Gasteiger partial charge in [0.2, 0.25) is 0 Å². The molecule has 0 unspecified atom stereocenters. The molecule has 3 nitrogen and oxygen atoms in total. The van der Waals surface area contributed by atoms with E-state index in [0.29, 0.717) is 6.54 Å². The molecule has 0 atom stereocenters. The van der Waals surface area contributed by atoms with Gasteiger partial charge in [-0.05, 0) is 42.0 Å². The number of nitrogen functional groups attached to an aromatic ring is 1. The number of nitrogens with two attached hydrogens (primary N) is 2. The Hall–Kier alpha value is -2.00. The van der Waals surface area contributed by atoms with Crippen molar-refractivity contribution in [2.24, 2.45) is 5.73 Å². The molecule has 2 aromatic rings. The van der Waals surface area contributed by atoms with Crippen LogP contribution in [0.4, 0.5) is 5.69 Å². The van der Waals surface area contributed by atoms with Crippen molar-refractivity contribution in [3.8, 4) is 11.5 Å². The van der Waals surface area contributed by atoms with Gasteiger partial charge in [0.1, 0.15) is 11.5 Å². The molecule has 0 amide bonds. The summed E-state index contributed by atoms with van der Waals surface area (Å²) in [6.45, 7) is 0.513. The largest absolute Gasteiger partial charge is 0.457 e. The zero-order valence-corrected chi connectivity index (χ0v) is 8.89. The van der Waals surface area contributed by atoms with Crippen LogP contribution >= 0.6 is 0 Å². The Balaban J connectivity index is 2.16. The lowest BCUT2D eigenvalue weighted by molar-refractivity contribution is 0.482. The lowest BCUT2D eigenvalue weighted by Crippen LogP contribution is -1.96. The SMILES string of the molecule is NCc1cccc(Oc2ccc(N)cc2)c1. The molecule has 0 aliphatic carbocycles. The molecule has 16 heavy (non-hydrogen) atoms. The summed E-state index contributed by atoms with van der Waals surface area (Å²) in [7, 11) is 0. The van der Waals surface area contributed by atoms with E-state index in [0.717, 1.165) is 22.7 Å². The lowest BCUT2D eigenvalue weighted by Gasteiger charge is -2.06. The molecule has 0 aromatic heterocycles. The van der Waals surface area contributed by atoms with Crippen LogP contribution in [0.2, 0.25) is 0 Å². The molecule has 0 aliphatic rings. The van der Waals surface area contributed by atoms with Crippen molar-refractivity contribution < 1.29 is 4.74 Å². The standard InChI is InChI=1S/C13H14N2O/c14-9-10-2-1-3-13(8-10)16-12-6-4-11(15)5-7-12/h1-8H,9,14-15H2. The fourth-order valence-corrected chi connectivity index (χ4v) is 1.41. The molecule has 2 aromatic carbocycles. The third-order valence-corrected chi connectivity index (χ3v) is 2.25. The Kier molecular flexibility index (Phi) is 3.08. The van der Waals surface area contributed by atoms with E-state index in [1.807, 2.05) is 48.5 Å². The van der Waals surface area contributed by atoms with Gasteiger partial charge < -0.3 is 16.2 Å². The molecule has 0 radical (unpaired) electrons. The van der Waals surface area contributed by atoms with Crippen LogP contribution in [0.1, 0.15) is 5.56 Å². The minimum Gasteiger partial charge on any atom is -0.457 e. The number of ether oxygens (including phenoxy) is 1. The van der Waals surface area contributed by atoms with Crippen LogP contribution in [0.3, 0.4) is 0 Å². The van der Waals surface area contributed by atoms with E-state index in [-0.39, 0.29) is 0 Å². The maximum absolute atomic E-state index is 5.66. The quantitative estimate of drug-likeness (QED) is 0.772. The normalized spacial score (nSPS) is 10.1. The zero-order chi connectivity index (χ0) is 11.4. The van der Waals surface area contributed by atoms with E-state index in [1.165, 1.54) is 0 Å². The molecular formula is C13H14N2O. The zero-order valence-electron chi connectivity index (χ0n) is 8.89. The molecular weight excluding hydrogens is 200 g/mol. The number of hydrogen-bond acceptors (Lipinski definition) is 3. The fourth-order valence-electron chi connectivity index (χ4n) is 1.41. The third-order valence-electron chi connectivity index (χ3n) is 2.25. The molecule has 3 heteroatoms. The summed E-state index contributed by atoms with van der Waals surface area (Å²) in [6.07, 6.45) is 0. The minimum atomic E-state index is 0.513. The Bertz CT molecular complexity index is 466. The van der Waals surface area contributed by atoms with E-state index in [1.54, 1.807) is 0 Å². The monoisotopic (exact) mass is 214 g/mol. The molecule has 0 aliphatic heterocycles. The van der Waals surface area contributed by atoms with Crippen LogP contribution in [-0.4, -0.2) is 0 Å². The summed E-state index contributed by atoms with van der Waals surface area (Å²) in [5, 5.41) is 0. The minimum absolute atomic E-state index is 0.513. The maximum Gasteiger partial charge on any atom is 0.127 e. The van der Waals surface area contributed by atoms with E-state index >= 15 is 0 Å². The van der Waals surface area contributed by atoms with Gasteiger partial charge >= 0.3 is 0 Å². The maximum atomic E-state index is 5.66. The van der Waals surface area contributed by atoms with Crippen LogP contribution in [-0.2, 0) is 6.54 Å². The van der Waals surface area contributed by atoms with Crippen molar-refractivity contribution in [3.63, 3.8) is 0 Å². The van der Waals surface area contributed by atoms with Crippen molar-refractivity contribution in [1.29, 1.82) is 0 Å². The van der Waals surface area contributed by atoms with Crippen LogP contribution in [0, 0.1) is 0 Å². The molecule has 0 saturated heterocycles. The predicted molar refractivity (Wildman–Crippen MR) is 65.3 cm³/mol. The summed E-state index contributed by atoms with van der Waals surface area (Å²) in [5.74, 6) is 1.55. The van der Waals surface area contributed by atoms with Gasteiger partial charge in [0.05, 0.1) is 0 Å². The van der Waals surface area contributed by atoms with Crippen molar-refractivity contribution in [1.82, 2.24) is 0 Å². The summed E-state index contributed by atoms with van der Waals surface area (Å²) >= 11 is 0. The fraction of sp³-hybridized carbons (Fsp3) is 0.0769. The second-order valence-corrected chi connectivity index (χ2v) is 3.52. The Morgan fingerprint density at radius 2 is 1.69 bits per heavy atom. The molecule has 0 spiro atoms. The van der Waals surface area contributed by atoms with Gasteiger partial charge in [0, 0.05) is 12.2 Å². The van der Waals surface area contributed by atoms with Crippen LogP contribution in [0.25, 0.3) is 0 Å². The molecule has 0 bridgehead atoms. The van der Waals surface area contributed by atoms with Gasteiger partial charge in [0.15, 0.2) is 0 Å². The number of rotatable bonds is 3. The van der Waals surface area contributed by atoms with Crippen LogP contribution < -0.4 is 16.2 Å². The first-order valence-corrected chi connectivity index (χ1v) is 5.10. The van der Waals surface area contributed by atoms with Gasteiger partial charge in [-0.1, -0.05) is 12.1 Å². The van der Waals surface area contributed by atoms with E-state index in [4.69, 9.17) is 16.2 Å². The Morgan fingerprint density at radius 3 is 2.38 bits per heavy atom. The van der Waals surface area contributed by atoms with E-state index < -0.39 is 0 Å². The molecule has 82 valence electrons. The second-order valence-electron chi connectivity index (χ2n) is 3.52. The Morgan fingerprint density at radius 1 is 0.938 bits per heavy atom. The number of benzene rings is 2. The molecule has 0 heterocycles. The predicted octanol–water partition coefficient (Wildman–Crippen LogP) is 2.52. The van der Waals surface area contributed by atoms with Crippen LogP contribution in [0.15, 0.2) is 48.5 Å². The average Bonchev–Trinajstić information content (AvgIpc) is 2.32. The first-order valence-electron chi connectivity index (χ1n) is 5.10. The van der Waals surface area contributed by atoms with E-state index in [9.17, 15) is 0 Å². The first kappa shape index (κ1) is 10.5. The van der Waals surface area contributed by atoms with Crippen LogP contribution in [0.5, 0.6) is 11.5 Å². The van der Waals surface area contributed by atoms with Crippen molar-refractivity contribution in [2.75, 3.05) is 5.73 Å². The lowest BCUT2D eigenvalue weighted by atomic mass is 10.2. The smallest absolute Gasteiger partial charge is 0.127 e. The van der Waals surface area contributed by atoms with Gasteiger partial charge in [-0.3, -0.25) is 0 Å². The summed E-state index contributed by atoms with van der Waals surface area (Å²) in [6, 6.07) is 15.0. The molecule has 2 rings (SSSR count). The van der Waals surface area contributed by atoms with Gasteiger partial charge in [-0.25, -0.2) is 0 Å². The molecule has 0 fully saturated rings. The highest BCUT2D eigenvalue weighted by Crippen LogP contribution is 2.22.